The minimum atomic E-state index is -0.934. The van der Waals surface area contributed by atoms with Gasteiger partial charge in [0.05, 0.1) is 22.5 Å². The van der Waals surface area contributed by atoms with Gasteiger partial charge in [-0.25, -0.2) is 9.78 Å². The van der Waals surface area contributed by atoms with Crippen LogP contribution in [-0.2, 0) is 4.79 Å². The Hall–Kier alpha value is -1.62. The number of dihydropyridines is 1. The minimum Gasteiger partial charge on any atom is -0.478 e. The van der Waals surface area contributed by atoms with Crippen molar-refractivity contribution in [2.45, 2.75) is 0 Å². The first kappa shape index (κ1) is 8.96. The highest BCUT2D eigenvalue weighted by Gasteiger charge is 2.16. The summed E-state index contributed by atoms with van der Waals surface area (Å²) in [6, 6.07) is 0. The Bertz CT molecular complexity index is 406. The lowest BCUT2D eigenvalue weighted by molar-refractivity contribution is -0.132. The number of nitrogens with zero attached hydrogens (tertiary/aromatic N) is 1. The molecule has 5 heteroatoms. The van der Waals surface area contributed by atoms with Crippen LogP contribution >= 0.6 is 11.3 Å². The SMILES string of the molecule is O=C(O)C1=C(c2cscn2)NCC=C1. The largest absolute Gasteiger partial charge is 0.478 e. The van der Waals surface area contributed by atoms with Crippen molar-refractivity contribution in [1.29, 1.82) is 0 Å². The van der Waals surface area contributed by atoms with Crippen molar-refractivity contribution in [2.24, 2.45) is 0 Å². The molecule has 0 bridgehead atoms. The predicted molar refractivity (Wildman–Crippen MR) is 53.8 cm³/mol. The summed E-state index contributed by atoms with van der Waals surface area (Å²) in [7, 11) is 0. The highest BCUT2D eigenvalue weighted by Crippen LogP contribution is 2.19. The van der Waals surface area contributed by atoms with Gasteiger partial charge in [0.2, 0.25) is 0 Å². The van der Waals surface area contributed by atoms with Crippen molar-refractivity contribution in [3.8, 4) is 0 Å². The second-order valence-corrected chi connectivity index (χ2v) is 3.47. The van der Waals surface area contributed by atoms with Crippen LogP contribution in [0.15, 0.2) is 28.6 Å². The number of carboxylic acids is 1. The maximum absolute atomic E-state index is 10.9. The zero-order valence-electron chi connectivity index (χ0n) is 7.23. The van der Waals surface area contributed by atoms with Crippen LogP contribution in [0.2, 0.25) is 0 Å². The fraction of sp³-hybridized carbons (Fsp3) is 0.111. The highest BCUT2D eigenvalue weighted by atomic mass is 32.1. The molecule has 2 heterocycles. The van der Waals surface area contributed by atoms with Crippen molar-refractivity contribution in [1.82, 2.24) is 10.3 Å². The Labute approximate surface area is 84.6 Å². The molecule has 2 N–H and O–H groups in total. The summed E-state index contributed by atoms with van der Waals surface area (Å²) >= 11 is 1.44. The molecule has 1 aromatic heterocycles. The number of carboxylic acid groups (broad SMARTS) is 1. The smallest absolute Gasteiger partial charge is 0.337 e. The summed E-state index contributed by atoms with van der Waals surface area (Å²) in [5.74, 6) is -0.934. The lowest BCUT2D eigenvalue weighted by Gasteiger charge is -2.13. The Kier molecular flexibility index (Phi) is 2.32. The van der Waals surface area contributed by atoms with E-state index in [9.17, 15) is 4.79 Å². The van der Waals surface area contributed by atoms with E-state index in [1.807, 2.05) is 5.38 Å². The van der Waals surface area contributed by atoms with Crippen molar-refractivity contribution in [3.05, 3.63) is 34.3 Å². The second-order valence-electron chi connectivity index (χ2n) is 2.75. The molecular formula is C9H8N2O2S. The Morgan fingerprint density at radius 3 is 3.14 bits per heavy atom. The lowest BCUT2D eigenvalue weighted by Crippen LogP contribution is -2.20. The molecule has 0 spiro atoms. The monoisotopic (exact) mass is 208 g/mol. The molecule has 1 aliphatic rings. The summed E-state index contributed by atoms with van der Waals surface area (Å²) in [6.45, 7) is 0.642. The van der Waals surface area contributed by atoms with Gasteiger partial charge in [0.15, 0.2) is 0 Å². The third-order valence-corrected chi connectivity index (χ3v) is 2.46. The minimum absolute atomic E-state index is 0.266. The van der Waals surface area contributed by atoms with Gasteiger partial charge in [-0.1, -0.05) is 6.08 Å². The molecule has 0 unspecified atom stereocenters. The van der Waals surface area contributed by atoms with E-state index in [-0.39, 0.29) is 5.57 Å². The fourth-order valence-corrected chi connectivity index (χ4v) is 1.80. The van der Waals surface area contributed by atoms with Gasteiger partial charge in [-0.2, -0.15) is 0 Å². The van der Waals surface area contributed by atoms with Crippen LogP contribution in [-0.4, -0.2) is 22.6 Å². The predicted octanol–water partition coefficient (Wildman–Crippen LogP) is 1.10. The molecule has 0 saturated carbocycles. The first-order valence-electron chi connectivity index (χ1n) is 4.05. The van der Waals surface area contributed by atoms with Crippen LogP contribution in [0.25, 0.3) is 5.70 Å². The molecule has 0 atom stereocenters. The molecule has 1 aliphatic heterocycles. The third-order valence-electron chi connectivity index (χ3n) is 1.87. The molecule has 1 aromatic rings. The van der Waals surface area contributed by atoms with Gasteiger partial charge in [-0.15, -0.1) is 11.3 Å². The molecule has 0 radical (unpaired) electrons. The number of nitrogens with one attached hydrogen (secondary N) is 1. The van der Waals surface area contributed by atoms with E-state index in [0.29, 0.717) is 17.9 Å². The fourth-order valence-electron chi connectivity index (χ4n) is 1.26. The zero-order chi connectivity index (χ0) is 9.97. The number of thiazole rings is 1. The summed E-state index contributed by atoms with van der Waals surface area (Å²) in [6.07, 6.45) is 3.38. The van der Waals surface area contributed by atoms with Gasteiger partial charge in [0, 0.05) is 11.9 Å². The summed E-state index contributed by atoms with van der Waals surface area (Å²) < 4.78 is 0. The number of carbonyl (C=O) groups is 1. The van der Waals surface area contributed by atoms with E-state index in [4.69, 9.17) is 5.11 Å². The van der Waals surface area contributed by atoms with E-state index < -0.39 is 5.97 Å². The summed E-state index contributed by atoms with van der Waals surface area (Å²) in [4.78, 5) is 15.0. The third kappa shape index (κ3) is 1.54. The van der Waals surface area contributed by atoms with Gasteiger partial charge in [-0.3, -0.25) is 0 Å². The number of aromatic nitrogens is 1. The number of aliphatic carboxylic acids is 1. The van der Waals surface area contributed by atoms with Crippen molar-refractivity contribution in [3.63, 3.8) is 0 Å². The average molecular weight is 208 g/mol. The molecule has 0 aliphatic carbocycles. The molecule has 72 valence electrons. The van der Waals surface area contributed by atoms with Crippen LogP contribution in [0.4, 0.5) is 0 Å². The molecule has 4 nitrogen and oxygen atoms in total. The van der Waals surface area contributed by atoms with E-state index in [0.717, 1.165) is 0 Å². The summed E-state index contributed by atoms with van der Waals surface area (Å²) in [5.41, 5.74) is 3.24. The second kappa shape index (κ2) is 3.63. The van der Waals surface area contributed by atoms with Crippen LogP contribution in [0, 0.1) is 0 Å². The van der Waals surface area contributed by atoms with Crippen LogP contribution in [0.1, 0.15) is 5.69 Å². The lowest BCUT2D eigenvalue weighted by atomic mass is 10.1. The number of hydrogen-bond acceptors (Lipinski definition) is 4. The van der Waals surface area contributed by atoms with E-state index in [2.05, 4.69) is 10.3 Å². The Morgan fingerprint density at radius 1 is 1.64 bits per heavy atom. The summed E-state index contributed by atoms with van der Waals surface area (Å²) in [5, 5.41) is 13.8. The average Bonchev–Trinajstić information content (AvgIpc) is 2.70. The Morgan fingerprint density at radius 2 is 2.50 bits per heavy atom. The molecule has 2 rings (SSSR count). The van der Waals surface area contributed by atoms with Crippen LogP contribution in [0.5, 0.6) is 0 Å². The molecule has 0 aromatic carbocycles. The molecule has 0 fully saturated rings. The van der Waals surface area contributed by atoms with Gasteiger partial charge in [-0.05, 0) is 6.08 Å². The van der Waals surface area contributed by atoms with Crippen molar-refractivity contribution in [2.75, 3.05) is 6.54 Å². The van der Waals surface area contributed by atoms with Gasteiger partial charge >= 0.3 is 5.97 Å². The molecule has 0 saturated heterocycles. The maximum Gasteiger partial charge on any atom is 0.337 e. The number of hydrogen-bond donors (Lipinski definition) is 2. The van der Waals surface area contributed by atoms with Crippen LogP contribution in [0.3, 0.4) is 0 Å². The molecule has 0 amide bonds. The molecule has 14 heavy (non-hydrogen) atoms. The van der Waals surface area contributed by atoms with Crippen molar-refractivity contribution >= 4 is 23.0 Å². The van der Waals surface area contributed by atoms with Gasteiger partial charge in [0.1, 0.15) is 0 Å². The zero-order valence-corrected chi connectivity index (χ0v) is 8.04. The first-order chi connectivity index (χ1) is 6.79. The van der Waals surface area contributed by atoms with Crippen molar-refractivity contribution < 1.29 is 9.90 Å². The van der Waals surface area contributed by atoms with Crippen LogP contribution < -0.4 is 5.32 Å². The first-order valence-corrected chi connectivity index (χ1v) is 5.00. The van der Waals surface area contributed by atoms with Gasteiger partial charge < -0.3 is 10.4 Å². The standard InChI is InChI=1S/C9H8N2O2S/c12-9(13)6-2-1-3-10-8(6)7-4-14-5-11-7/h1-2,4-5,10H,3H2,(H,12,13). The van der Waals surface area contributed by atoms with E-state index >= 15 is 0 Å². The topological polar surface area (TPSA) is 62.2 Å². The van der Waals surface area contributed by atoms with E-state index in [1.165, 1.54) is 11.3 Å². The van der Waals surface area contributed by atoms with Gasteiger partial charge in [0.25, 0.3) is 0 Å². The normalized spacial score (nSPS) is 15.4. The number of rotatable bonds is 2. The quantitative estimate of drug-likeness (QED) is 0.764. The highest BCUT2D eigenvalue weighted by molar-refractivity contribution is 7.07. The Balaban J connectivity index is 2.48. The van der Waals surface area contributed by atoms with E-state index in [1.54, 1.807) is 17.7 Å². The maximum atomic E-state index is 10.9. The molecular weight excluding hydrogens is 200 g/mol.